The first-order valence-electron chi connectivity index (χ1n) is 6.80. The summed E-state index contributed by atoms with van der Waals surface area (Å²) < 4.78 is 4.88. The van der Waals surface area contributed by atoms with Gasteiger partial charge in [0, 0.05) is 25.7 Å². The van der Waals surface area contributed by atoms with Crippen LogP contribution in [0.25, 0.3) is 0 Å². The molecule has 0 aromatic heterocycles. The lowest BCUT2D eigenvalue weighted by Gasteiger charge is -2.41. The van der Waals surface area contributed by atoms with Crippen molar-refractivity contribution in [2.24, 2.45) is 5.92 Å². The van der Waals surface area contributed by atoms with Crippen molar-refractivity contribution in [1.82, 2.24) is 5.32 Å². The second kappa shape index (κ2) is 6.06. The second-order valence-corrected chi connectivity index (χ2v) is 5.22. The Balaban J connectivity index is 2.36. The average molecular weight is 262 g/mol. The number of nitrogens with zero attached hydrogens (tertiary/aromatic N) is 1. The zero-order valence-electron chi connectivity index (χ0n) is 11.8. The maximum atomic E-state index is 11.9. The van der Waals surface area contributed by atoms with E-state index in [-0.39, 0.29) is 5.97 Å². The zero-order chi connectivity index (χ0) is 13.8. The van der Waals surface area contributed by atoms with Crippen molar-refractivity contribution in [1.29, 1.82) is 0 Å². The molecule has 2 rings (SSSR count). The van der Waals surface area contributed by atoms with Crippen LogP contribution in [0.3, 0.4) is 0 Å². The van der Waals surface area contributed by atoms with Crippen molar-refractivity contribution in [3.63, 3.8) is 0 Å². The van der Waals surface area contributed by atoms with Gasteiger partial charge in [0.25, 0.3) is 0 Å². The number of ether oxygens (including phenoxy) is 1. The normalized spacial score (nSPS) is 19.6. The van der Waals surface area contributed by atoms with E-state index in [1.807, 2.05) is 24.3 Å². The molecule has 0 unspecified atom stereocenters. The Morgan fingerprint density at radius 1 is 1.42 bits per heavy atom. The molecule has 1 aliphatic heterocycles. The van der Waals surface area contributed by atoms with Crippen molar-refractivity contribution in [2.75, 3.05) is 31.6 Å². The molecular formula is C15H22N2O2. The summed E-state index contributed by atoms with van der Waals surface area (Å²) >= 11 is 0. The van der Waals surface area contributed by atoms with Crippen LogP contribution in [0.2, 0.25) is 0 Å². The number of carbonyl (C=O) groups excluding carboxylic acids is 1. The highest BCUT2D eigenvalue weighted by atomic mass is 16.5. The summed E-state index contributed by atoms with van der Waals surface area (Å²) in [4.78, 5) is 14.2. The summed E-state index contributed by atoms with van der Waals surface area (Å²) in [5.41, 5.74) is 1.63. The molecule has 1 heterocycles. The van der Waals surface area contributed by atoms with Crippen LogP contribution in [0.4, 0.5) is 5.69 Å². The Kier molecular flexibility index (Phi) is 4.43. The van der Waals surface area contributed by atoms with E-state index < -0.39 is 0 Å². The largest absolute Gasteiger partial charge is 0.465 e. The molecule has 0 amide bonds. The molecule has 1 aliphatic rings. The number of piperazine rings is 1. The van der Waals surface area contributed by atoms with Gasteiger partial charge in [-0.1, -0.05) is 26.0 Å². The van der Waals surface area contributed by atoms with Crippen LogP contribution >= 0.6 is 0 Å². The van der Waals surface area contributed by atoms with Crippen LogP contribution in [0.1, 0.15) is 24.2 Å². The summed E-state index contributed by atoms with van der Waals surface area (Å²) in [5.74, 6) is 0.259. The van der Waals surface area contributed by atoms with Crippen LogP contribution in [0.5, 0.6) is 0 Å². The Morgan fingerprint density at radius 2 is 2.16 bits per heavy atom. The number of nitrogens with one attached hydrogen (secondary N) is 1. The van der Waals surface area contributed by atoms with E-state index in [0.29, 0.717) is 17.5 Å². The lowest BCUT2D eigenvalue weighted by molar-refractivity contribution is 0.0601. The van der Waals surface area contributed by atoms with Crippen LogP contribution in [-0.4, -0.2) is 38.8 Å². The molecular weight excluding hydrogens is 240 g/mol. The van der Waals surface area contributed by atoms with E-state index >= 15 is 0 Å². The minimum Gasteiger partial charge on any atom is -0.465 e. The van der Waals surface area contributed by atoms with Gasteiger partial charge in [-0.2, -0.15) is 0 Å². The number of rotatable bonds is 3. The van der Waals surface area contributed by atoms with Gasteiger partial charge >= 0.3 is 5.97 Å². The molecule has 0 bridgehead atoms. The van der Waals surface area contributed by atoms with Crippen LogP contribution in [0, 0.1) is 5.92 Å². The molecule has 1 aromatic carbocycles. The van der Waals surface area contributed by atoms with Crippen molar-refractivity contribution in [3.8, 4) is 0 Å². The van der Waals surface area contributed by atoms with Gasteiger partial charge in [-0.3, -0.25) is 0 Å². The van der Waals surface area contributed by atoms with Gasteiger partial charge in [-0.25, -0.2) is 4.79 Å². The van der Waals surface area contributed by atoms with Gasteiger partial charge in [0.2, 0.25) is 0 Å². The first-order chi connectivity index (χ1) is 9.15. The summed E-state index contributed by atoms with van der Waals surface area (Å²) in [6, 6.07) is 8.09. The standard InChI is InChI=1S/C15H22N2O2/c1-11(2)14-10-16-8-9-17(14)13-7-5-4-6-12(13)15(18)19-3/h4-7,11,14,16H,8-10H2,1-3H3/t14-/m0/s1. The minimum absolute atomic E-state index is 0.267. The van der Waals surface area contributed by atoms with Crippen LogP contribution < -0.4 is 10.2 Å². The smallest absolute Gasteiger partial charge is 0.339 e. The number of carbonyl (C=O) groups is 1. The van der Waals surface area contributed by atoms with E-state index in [1.54, 1.807) is 0 Å². The third-order valence-corrected chi connectivity index (χ3v) is 3.67. The molecule has 0 aliphatic carbocycles. The molecule has 19 heavy (non-hydrogen) atoms. The van der Waals surface area contributed by atoms with E-state index in [4.69, 9.17) is 4.74 Å². The summed E-state index contributed by atoms with van der Waals surface area (Å²) in [7, 11) is 1.43. The molecule has 104 valence electrons. The van der Waals surface area contributed by atoms with E-state index in [2.05, 4.69) is 24.1 Å². The summed E-state index contributed by atoms with van der Waals surface area (Å²) in [5, 5.41) is 3.42. The average Bonchev–Trinajstić information content (AvgIpc) is 2.46. The van der Waals surface area contributed by atoms with Gasteiger partial charge in [-0.05, 0) is 18.1 Å². The third kappa shape index (κ3) is 2.89. The highest BCUT2D eigenvalue weighted by Crippen LogP contribution is 2.26. The topological polar surface area (TPSA) is 41.6 Å². The fourth-order valence-electron chi connectivity index (χ4n) is 2.63. The Bertz CT molecular complexity index is 446. The quantitative estimate of drug-likeness (QED) is 0.845. The van der Waals surface area contributed by atoms with Gasteiger partial charge in [0.15, 0.2) is 0 Å². The molecule has 1 atom stereocenters. The highest BCUT2D eigenvalue weighted by molar-refractivity contribution is 5.95. The van der Waals surface area contributed by atoms with E-state index in [0.717, 1.165) is 25.3 Å². The molecule has 1 fully saturated rings. The third-order valence-electron chi connectivity index (χ3n) is 3.67. The van der Waals surface area contributed by atoms with Gasteiger partial charge in [0.05, 0.1) is 18.4 Å². The predicted octanol–water partition coefficient (Wildman–Crippen LogP) is 1.91. The van der Waals surface area contributed by atoms with Crippen molar-refractivity contribution < 1.29 is 9.53 Å². The number of hydrogen-bond acceptors (Lipinski definition) is 4. The molecule has 0 radical (unpaired) electrons. The van der Waals surface area contributed by atoms with E-state index in [1.165, 1.54) is 7.11 Å². The lowest BCUT2D eigenvalue weighted by atomic mass is 9.98. The summed E-state index contributed by atoms with van der Waals surface area (Å²) in [6.45, 7) is 7.24. The molecule has 4 nitrogen and oxygen atoms in total. The van der Waals surface area contributed by atoms with Crippen LogP contribution in [-0.2, 0) is 4.74 Å². The fourth-order valence-corrected chi connectivity index (χ4v) is 2.63. The number of methoxy groups -OCH3 is 1. The van der Waals surface area contributed by atoms with Crippen molar-refractivity contribution >= 4 is 11.7 Å². The number of para-hydroxylation sites is 1. The van der Waals surface area contributed by atoms with Gasteiger partial charge < -0.3 is 15.0 Å². The van der Waals surface area contributed by atoms with Crippen molar-refractivity contribution in [2.45, 2.75) is 19.9 Å². The highest BCUT2D eigenvalue weighted by Gasteiger charge is 2.27. The Labute approximate surface area is 114 Å². The van der Waals surface area contributed by atoms with Gasteiger partial charge in [0.1, 0.15) is 0 Å². The predicted molar refractivity (Wildman–Crippen MR) is 76.6 cm³/mol. The summed E-state index contributed by atoms with van der Waals surface area (Å²) in [6.07, 6.45) is 0. The number of esters is 1. The lowest BCUT2D eigenvalue weighted by Crippen LogP contribution is -2.54. The molecule has 0 saturated carbocycles. The maximum absolute atomic E-state index is 11.9. The fraction of sp³-hybridized carbons (Fsp3) is 0.533. The number of benzene rings is 1. The molecule has 1 N–H and O–H groups in total. The van der Waals surface area contributed by atoms with Gasteiger partial charge in [-0.15, -0.1) is 0 Å². The van der Waals surface area contributed by atoms with Crippen LogP contribution in [0.15, 0.2) is 24.3 Å². The molecule has 0 spiro atoms. The SMILES string of the molecule is COC(=O)c1ccccc1N1CCNC[C@H]1C(C)C. The number of anilines is 1. The first-order valence-corrected chi connectivity index (χ1v) is 6.80. The maximum Gasteiger partial charge on any atom is 0.339 e. The van der Waals surface area contributed by atoms with Crippen molar-refractivity contribution in [3.05, 3.63) is 29.8 Å². The molecule has 1 aromatic rings. The Hall–Kier alpha value is -1.55. The van der Waals surface area contributed by atoms with E-state index in [9.17, 15) is 4.79 Å². The Morgan fingerprint density at radius 3 is 2.84 bits per heavy atom. The number of hydrogen-bond donors (Lipinski definition) is 1. The minimum atomic E-state index is -0.267. The zero-order valence-corrected chi connectivity index (χ0v) is 11.8. The second-order valence-electron chi connectivity index (χ2n) is 5.22. The molecule has 1 saturated heterocycles. The molecule has 4 heteroatoms. The monoisotopic (exact) mass is 262 g/mol. The first kappa shape index (κ1) is 13.9.